The van der Waals surface area contributed by atoms with E-state index >= 15 is 0 Å². The number of hydrogen-bond donors (Lipinski definition) is 0. The van der Waals surface area contributed by atoms with Crippen molar-refractivity contribution < 1.29 is 9.15 Å². The average Bonchev–Trinajstić information content (AvgIpc) is 2.83. The lowest BCUT2D eigenvalue weighted by molar-refractivity contribution is 0.322. The summed E-state index contributed by atoms with van der Waals surface area (Å²) in [7, 11) is 0. The molecule has 0 aliphatic carbocycles. The highest BCUT2D eigenvalue weighted by atomic mass is 127. The third-order valence-electron chi connectivity index (χ3n) is 2.41. The third kappa shape index (κ3) is 1.50. The molecule has 0 fully saturated rings. The summed E-state index contributed by atoms with van der Waals surface area (Å²) in [4.78, 5) is 0. The Morgan fingerprint density at radius 1 is 1.27 bits per heavy atom. The molecule has 0 radical (unpaired) electrons. The molecule has 1 atom stereocenters. The van der Waals surface area contributed by atoms with Gasteiger partial charge in [0.1, 0.15) is 18.3 Å². The monoisotopic (exact) mass is 314 g/mol. The molecule has 1 aliphatic rings. The minimum atomic E-state index is 0.0808. The SMILES string of the molecule is Ic1nnc(C2COc3ccccc32)o1. The second-order valence-corrected chi connectivity index (χ2v) is 4.22. The van der Waals surface area contributed by atoms with Gasteiger partial charge in [0.25, 0.3) is 3.90 Å². The van der Waals surface area contributed by atoms with Crippen LogP contribution < -0.4 is 4.74 Å². The second kappa shape index (κ2) is 3.48. The van der Waals surface area contributed by atoms with Gasteiger partial charge in [0.15, 0.2) is 0 Å². The molecular formula is C10H7IN2O2. The van der Waals surface area contributed by atoms with Gasteiger partial charge in [-0.05, 0) is 6.07 Å². The molecule has 0 N–H and O–H groups in total. The number of hydrogen-bond acceptors (Lipinski definition) is 4. The van der Waals surface area contributed by atoms with Crippen LogP contribution in [0.1, 0.15) is 17.4 Å². The summed E-state index contributed by atoms with van der Waals surface area (Å²) in [6, 6.07) is 7.93. The molecule has 15 heavy (non-hydrogen) atoms. The van der Waals surface area contributed by atoms with Crippen LogP contribution >= 0.6 is 22.6 Å². The van der Waals surface area contributed by atoms with Crippen LogP contribution in [0.25, 0.3) is 0 Å². The predicted molar refractivity (Wildman–Crippen MR) is 60.8 cm³/mol. The van der Waals surface area contributed by atoms with Crippen LogP contribution in [0.4, 0.5) is 0 Å². The Hall–Kier alpha value is -1.11. The maximum atomic E-state index is 5.54. The summed E-state index contributed by atoms with van der Waals surface area (Å²) in [5.74, 6) is 1.62. The molecule has 2 heterocycles. The van der Waals surface area contributed by atoms with Crippen molar-refractivity contribution in [3.8, 4) is 5.75 Å². The van der Waals surface area contributed by atoms with Gasteiger partial charge < -0.3 is 9.15 Å². The van der Waals surface area contributed by atoms with Gasteiger partial charge in [-0.2, -0.15) is 0 Å². The molecule has 2 aromatic rings. The second-order valence-electron chi connectivity index (χ2n) is 3.29. The first-order valence-electron chi connectivity index (χ1n) is 4.55. The zero-order valence-corrected chi connectivity index (χ0v) is 9.84. The topological polar surface area (TPSA) is 48.2 Å². The van der Waals surface area contributed by atoms with Crippen molar-refractivity contribution in [2.45, 2.75) is 5.92 Å². The van der Waals surface area contributed by atoms with Gasteiger partial charge in [-0.15, -0.1) is 10.2 Å². The van der Waals surface area contributed by atoms with E-state index in [0.29, 0.717) is 16.4 Å². The Kier molecular flexibility index (Phi) is 2.12. The van der Waals surface area contributed by atoms with Gasteiger partial charge in [0.05, 0.1) is 0 Å². The number of fused-ring (bicyclic) bond motifs is 1. The Labute approximate surface area is 99.8 Å². The van der Waals surface area contributed by atoms with Crippen molar-refractivity contribution >= 4 is 22.6 Å². The maximum Gasteiger partial charge on any atom is 0.278 e. The number of halogens is 1. The normalized spacial score (nSPS) is 18.6. The molecule has 0 bridgehead atoms. The molecule has 5 heteroatoms. The van der Waals surface area contributed by atoms with E-state index in [-0.39, 0.29) is 5.92 Å². The van der Waals surface area contributed by atoms with Gasteiger partial charge in [0.2, 0.25) is 5.89 Å². The fraction of sp³-hybridized carbons (Fsp3) is 0.200. The Morgan fingerprint density at radius 3 is 2.93 bits per heavy atom. The zero-order valence-electron chi connectivity index (χ0n) is 7.68. The van der Waals surface area contributed by atoms with Crippen LogP contribution in [0, 0.1) is 3.90 Å². The largest absolute Gasteiger partial charge is 0.492 e. The number of benzene rings is 1. The minimum Gasteiger partial charge on any atom is -0.492 e. The van der Waals surface area contributed by atoms with Crippen molar-refractivity contribution in [1.29, 1.82) is 0 Å². The summed E-state index contributed by atoms with van der Waals surface area (Å²) >= 11 is 2.01. The number of nitrogens with zero attached hydrogens (tertiary/aromatic N) is 2. The number of rotatable bonds is 1. The minimum absolute atomic E-state index is 0.0808. The van der Waals surface area contributed by atoms with Crippen molar-refractivity contribution in [2.24, 2.45) is 0 Å². The van der Waals surface area contributed by atoms with Crippen LogP contribution in [0.3, 0.4) is 0 Å². The smallest absolute Gasteiger partial charge is 0.278 e. The van der Waals surface area contributed by atoms with Crippen molar-refractivity contribution in [3.05, 3.63) is 39.6 Å². The number of ether oxygens (including phenoxy) is 1. The third-order valence-corrected chi connectivity index (χ3v) is 2.85. The summed E-state index contributed by atoms with van der Waals surface area (Å²) in [5.41, 5.74) is 1.12. The van der Waals surface area contributed by atoms with Crippen LogP contribution in [-0.4, -0.2) is 16.8 Å². The van der Waals surface area contributed by atoms with Crippen LogP contribution in [0.15, 0.2) is 28.7 Å². The van der Waals surface area contributed by atoms with Crippen molar-refractivity contribution in [1.82, 2.24) is 10.2 Å². The van der Waals surface area contributed by atoms with Crippen molar-refractivity contribution in [2.75, 3.05) is 6.61 Å². The van der Waals surface area contributed by atoms with E-state index in [1.807, 2.05) is 46.9 Å². The molecule has 1 aromatic heterocycles. The molecule has 3 rings (SSSR count). The molecule has 0 amide bonds. The first kappa shape index (κ1) is 9.14. The summed E-state index contributed by atoms with van der Waals surface area (Å²) in [5, 5.41) is 7.84. The molecule has 1 aromatic carbocycles. The van der Waals surface area contributed by atoms with E-state index < -0.39 is 0 Å². The standard InChI is InChI=1S/C10H7IN2O2/c11-10-13-12-9(15-10)7-5-14-8-4-2-1-3-6(7)8/h1-4,7H,5H2. The fourth-order valence-electron chi connectivity index (χ4n) is 1.72. The Balaban J connectivity index is 2.04. The van der Waals surface area contributed by atoms with E-state index in [1.54, 1.807) is 0 Å². The molecular weight excluding hydrogens is 307 g/mol. The van der Waals surface area contributed by atoms with Gasteiger partial charge in [-0.1, -0.05) is 18.2 Å². The first-order chi connectivity index (χ1) is 7.34. The van der Waals surface area contributed by atoms with Gasteiger partial charge in [-0.25, -0.2) is 0 Å². The van der Waals surface area contributed by atoms with Gasteiger partial charge in [0, 0.05) is 28.2 Å². The van der Waals surface area contributed by atoms with Crippen molar-refractivity contribution in [3.63, 3.8) is 0 Å². The quantitative estimate of drug-likeness (QED) is 0.757. The van der Waals surface area contributed by atoms with Crippen LogP contribution in [-0.2, 0) is 0 Å². The highest BCUT2D eigenvalue weighted by Gasteiger charge is 2.29. The highest BCUT2D eigenvalue weighted by Crippen LogP contribution is 2.37. The maximum absolute atomic E-state index is 5.54. The molecule has 1 unspecified atom stereocenters. The molecule has 0 spiro atoms. The van der Waals surface area contributed by atoms with E-state index in [4.69, 9.17) is 9.15 Å². The zero-order chi connectivity index (χ0) is 10.3. The summed E-state index contributed by atoms with van der Waals surface area (Å²) in [6.45, 7) is 0.581. The highest BCUT2D eigenvalue weighted by molar-refractivity contribution is 14.1. The fourth-order valence-corrected chi connectivity index (χ4v) is 2.06. The molecule has 76 valence electrons. The number of para-hydroxylation sites is 1. The van der Waals surface area contributed by atoms with Gasteiger partial charge in [-0.3, -0.25) is 0 Å². The van der Waals surface area contributed by atoms with E-state index in [0.717, 1.165) is 11.3 Å². The number of aromatic nitrogens is 2. The first-order valence-corrected chi connectivity index (χ1v) is 5.63. The lowest BCUT2D eigenvalue weighted by Gasteiger charge is -2.01. The summed E-state index contributed by atoms with van der Waals surface area (Å²) in [6.07, 6.45) is 0. The van der Waals surface area contributed by atoms with E-state index in [2.05, 4.69) is 10.2 Å². The average molecular weight is 314 g/mol. The van der Waals surface area contributed by atoms with Crippen LogP contribution in [0.2, 0.25) is 0 Å². The molecule has 1 aliphatic heterocycles. The van der Waals surface area contributed by atoms with Gasteiger partial charge >= 0.3 is 0 Å². The Bertz CT molecular complexity index is 498. The molecule has 0 saturated carbocycles. The molecule has 0 saturated heterocycles. The Morgan fingerprint density at radius 2 is 2.13 bits per heavy atom. The summed E-state index contributed by atoms with van der Waals surface area (Å²) < 4.78 is 11.5. The van der Waals surface area contributed by atoms with E-state index in [1.165, 1.54) is 0 Å². The van der Waals surface area contributed by atoms with Crippen LogP contribution in [0.5, 0.6) is 5.75 Å². The molecule has 4 nitrogen and oxygen atoms in total. The predicted octanol–water partition coefficient (Wildman–Crippen LogP) is 2.20. The lowest BCUT2D eigenvalue weighted by atomic mass is 10.0. The van der Waals surface area contributed by atoms with E-state index in [9.17, 15) is 0 Å². The lowest BCUT2D eigenvalue weighted by Crippen LogP contribution is -2.02.